The highest BCUT2D eigenvalue weighted by Gasteiger charge is 2.68. The van der Waals surface area contributed by atoms with Crippen LogP contribution >= 0.6 is 0 Å². The van der Waals surface area contributed by atoms with Crippen molar-refractivity contribution in [3.8, 4) is 0 Å². The lowest BCUT2D eigenvalue weighted by molar-refractivity contribution is -0.229. The van der Waals surface area contributed by atoms with Crippen molar-refractivity contribution in [3.05, 3.63) is 23.8 Å². The van der Waals surface area contributed by atoms with E-state index in [2.05, 4.69) is 6.58 Å². The second-order valence-electron chi connectivity index (χ2n) is 8.81. The number of allylic oxidation sites excluding steroid dienone is 1. The minimum absolute atomic E-state index is 0.0246. The summed E-state index contributed by atoms with van der Waals surface area (Å²) in [7, 11) is 0. The van der Waals surface area contributed by atoms with E-state index >= 15 is 0 Å². The topological polar surface area (TPSA) is 98.0 Å². The maximum atomic E-state index is 12.9. The van der Waals surface area contributed by atoms with Crippen molar-refractivity contribution >= 4 is 5.78 Å². The lowest BCUT2D eigenvalue weighted by atomic mass is 9.50. The van der Waals surface area contributed by atoms with Gasteiger partial charge in [0.2, 0.25) is 0 Å². The largest absolute Gasteiger partial charge is 0.389 e. The number of carbonyl (C=O) groups is 1. The third-order valence-corrected chi connectivity index (χ3v) is 6.66. The minimum atomic E-state index is -2.02. The molecule has 24 heavy (non-hydrogen) atoms. The number of aliphatic hydroxyl groups is 4. The summed E-state index contributed by atoms with van der Waals surface area (Å²) >= 11 is 0. The summed E-state index contributed by atoms with van der Waals surface area (Å²) in [4.78, 5) is 12.9. The summed E-state index contributed by atoms with van der Waals surface area (Å²) in [5.74, 6) is -0.575. The van der Waals surface area contributed by atoms with E-state index < -0.39 is 40.0 Å². The predicted molar refractivity (Wildman–Crippen MR) is 89.1 cm³/mol. The lowest BCUT2D eigenvalue weighted by Gasteiger charge is -2.59. The van der Waals surface area contributed by atoms with E-state index in [1.807, 2.05) is 20.8 Å². The Hall–Kier alpha value is -1.01. The molecular weight excluding hydrogens is 308 g/mol. The predicted octanol–water partition coefficient (Wildman–Crippen LogP) is 1.25. The Bertz CT molecular complexity index is 636. The Kier molecular flexibility index (Phi) is 3.71. The molecule has 0 aromatic rings. The van der Waals surface area contributed by atoms with Crippen LogP contribution in [-0.4, -0.2) is 49.6 Å². The van der Waals surface area contributed by atoms with Gasteiger partial charge in [-0.05, 0) is 48.5 Å². The van der Waals surface area contributed by atoms with Gasteiger partial charge in [-0.2, -0.15) is 0 Å². The summed E-state index contributed by atoms with van der Waals surface area (Å²) in [6.07, 6.45) is 0.780. The molecule has 134 valence electrons. The number of ketones is 1. The molecular formula is C19H28O5. The summed E-state index contributed by atoms with van der Waals surface area (Å²) in [5, 5.41) is 44.0. The molecule has 3 aliphatic rings. The molecule has 3 rings (SSSR count). The minimum Gasteiger partial charge on any atom is -0.389 e. The highest BCUT2D eigenvalue weighted by molar-refractivity contribution is 6.03. The first-order chi connectivity index (χ1) is 10.9. The van der Waals surface area contributed by atoms with Crippen LogP contribution in [0, 0.1) is 10.8 Å². The van der Waals surface area contributed by atoms with E-state index in [1.165, 1.54) is 0 Å². The van der Waals surface area contributed by atoms with Crippen molar-refractivity contribution in [1.29, 1.82) is 0 Å². The number of hydrogen-bond acceptors (Lipinski definition) is 5. The molecule has 4 N–H and O–H groups in total. The molecule has 0 aromatic carbocycles. The Morgan fingerprint density at radius 3 is 2.33 bits per heavy atom. The molecule has 0 saturated heterocycles. The first kappa shape index (κ1) is 17.8. The number of aliphatic hydroxyl groups excluding tert-OH is 2. The van der Waals surface area contributed by atoms with Gasteiger partial charge in [0.1, 0.15) is 17.3 Å². The molecule has 5 heteroatoms. The molecule has 0 unspecified atom stereocenters. The molecule has 0 spiro atoms. The molecule has 5 atom stereocenters. The van der Waals surface area contributed by atoms with Crippen molar-refractivity contribution in [2.75, 3.05) is 0 Å². The average Bonchev–Trinajstić information content (AvgIpc) is 2.51. The van der Waals surface area contributed by atoms with E-state index in [0.29, 0.717) is 24.8 Å². The summed E-state index contributed by atoms with van der Waals surface area (Å²) < 4.78 is 0. The van der Waals surface area contributed by atoms with Crippen LogP contribution < -0.4 is 0 Å². The van der Waals surface area contributed by atoms with E-state index in [-0.39, 0.29) is 18.4 Å². The Balaban J connectivity index is 2.25. The van der Waals surface area contributed by atoms with Gasteiger partial charge >= 0.3 is 0 Å². The second-order valence-corrected chi connectivity index (χ2v) is 8.81. The maximum Gasteiger partial charge on any atom is 0.191 e. The zero-order valence-electron chi connectivity index (χ0n) is 14.7. The van der Waals surface area contributed by atoms with Gasteiger partial charge in [-0.15, -0.1) is 6.58 Å². The molecule has 0 aliphatic heterocycles. The fourth-order valence-corrected chi connectivity index (χ4v) is 5.00. The zero-order valence-corrected chi connectivity index (χ0v) is 14.7. The molecule has 5 nitrogen and oxygen atoms in total. The second kappa shape index (κ2) is 5.01. The van der Waals surface area contributed by atoms with Crippen molar-refractivity contribution < 1.29 is 25.2 Å². The standard InChI is InChI=1S/C19H28O5/c1-5-17(4)8-9-18(23)12-11(20)6-7-16(2,3)13(12)14(21)15(22)19(18,24)10-17/h5,11,15,20,22-24H,1,6-10H2,2-4H3/t11-,15+,17+,18+,19-/m1/s1. The van der Waals surface area contributed by atoms with Crippen molar-refractivity contribution in [2.45, 2.75) is 76.3 Å². The molecule has 1 saturated carbocycles. The number of rotatable bonds is 1. The van der Waals surface area contributed by atoms with Crippen LogP contribution in [0.2, 0.25) is 0 Å². The summed E-state index contributed by atoms with van der Waals surface area (Å²) in [6, 6.07) is 0. The van der Waals surface area contributed by atoms with Gasteiger partial charge < -0.3 is 20.4 Å². The Morgan fingerprint density at radius 1 is 1.12 bits per heavy atom. The third kappa shape index (κ3) is 2.05. The molecule has 0 aromatic heterocycles. The van der Waals surface area contributed by atoms with Gasteiger partial charge in [-0.25, -0.2) is 0 Å². The van der Waals surface area contributed by atoms with Crippen molar-refractivity contribution in [2.24, 2.45) is 10.8 Å². The van der Waals surface area contributed by atoms with Gasteiger partial charge in [-0.1, -0.05) is 26.8 Å². The monoisotopic (exact) mass is 336 g/mol. The number of hydrogen-bond donors (Lipinski definition) is 4. The van der Waals surface area contributed by atoms with E-state index in [1.54, 1.807) is 6.08 Å². The van der Waals surface area contributed by atoms with E-state index in [4.69, 9.17) is 0 Å². The SMILES string of the molecule is C=C[C@@]1(C)CC[C@]2(O)C3=C(C(=O)[C@H](O)[C@]2(O)C1)C(C)(C)CC[C@H]3O. The molecule has 3 aliphatic carbocycles. The molecule has 0 bridgehead atoms. The normalized spacial score (nSPS) is 47.9. The molecule has 0 radical (unpaired) electrons. The van der Waals surface area contributed by atoms with Crippen molar-refractivity contribution in [3.63, 3.8) is 0 Å². The highest BCUT2D eigenvalue weighted by atomic mass is 16.4. The van der Waals surface area contributed by atoms with Crippen LogP contribution in [0.3, 0.4) is 0 Å². The van der Waals surface area contributed by atoms with Gasteiger partial charge in [0.25, 0.3) is 0 Å². The number of fused-ring (bicyclic) bond motifs is 2. The van der Waals surface area contributed by atoms with Crippen LogP contribution in [-0.2, 0) is 4.79 Å². The van der Waals surface area contributed by atoms with E-state index in [0.717, 1.165) is 0 Å². The molecule has 0 heterocycles. The smallest absolute Gasteiger partial charge is 0.191 e. The fraction of sp³-hybridized carbons (Fsp3) is 0.737. The van der Waals surface area contributed by atoms with Crippen LogP contribution in [0.1, 0.15) is 52.9 Å². The first-order valence-electron chi connectivity index (χ1n) is 8.66. The molecule has 1 fully saturated rings. The van der Waals surface area contributed by atoms with Gasteiger partial charge in [0.15, 0.2) is 5.78 Å². The zero-order chi connectivity index (χ0) is 18.1. The number of Topliss-reactive ketones (excluding diaryl/α,β-unsaturated/α-hetero) is 1. The van der Waals surface area contributed by atoms with E-state index in [9.17, 15) is 25.2 Å². The van der Waals surface area contributed by atoms with Crippen LogP contribution in [0.4, 0.5) is 0 Å². The lowest BCUT2D eigenvalue weighted by Crippen LogP contribution is -2.72. The van der Waals surface area contributed by atoms with Crippen LogP contribution in [0.5, 0.6) is 0 Å². The maximum absolute atomic E-state index is 12.9. The quantitative estimate of drug-likeness (QED) is 0.540. The van der Waals surface area contributed by atoms with Gasteiger partial charge in [0.05, 0.1) is 6.10 Å². The Morgan fingerprint density at radius 2 is 1.75 bits per heavy atom. The summed E-state index contributed by atoms with van der Waals surface area (Å²) in [6.45, 7) is 9.44. The van der Waals surface area contributed by atoms with Gasteiger partial charge in [-0.3, -0.25) is 4.79 Å². The Labute approximate surface area is 142 Å². The van der Waals surface area contributed by atoms with Gasteiger partial charge in [0, 0.05) is 5.57 Å². The van der Waals surface area contributed by atoms with Crippen LogP contribution in [0.25, 0.3) is 0 Å². The molecule has 0 amide bonds. The summed E-state index contributed by atoms with van der Waals surface area (Å²) in [5.41, 5.74) is -4.34. The fourth-order valence-electron chi connectivity index (χ4n) is 5.00. The van der Waals surface area contributed by atoms with Crippen LogP contribution in [0.15, 0.2) is 23.8 Å². The first-order valence-corrected chi connectivity index (χ1v) is 8.66. The highest BCUT2D eigenvalue weighted by Crippen LogP contribution is 2.59. The van der Waals surface area contributed by atoms with Crippen molar-refractivity contribution in [1.82, 2.24) is 0 Å². The average molecular weight is 336 g/mol. The third-order valence-electron chi connectivity index (χ3n) is 6.66. The number of carbonyl (C=O) groups excluding carboxylic acids is 1.